The molecule has 71 valence electrons. The van der Waals surface area contributed by atoms with Crippen molar-refractivity contribution in [3.8, 4) is 0 Å². The highest BCUT2D eigenvalue weighted by molar-refractivity contribution is 7.73. The molecule has 0 aliphatic heterocycles. The second-order valence-electron chi connectivity index (χ2n) is 2.96. The van der Waals surface area contributed by atoms with E-state index < -0.39 is 16.0 Å². The fraction of sp³-hybridized carbons (Fsp3) is 0.300. The van der Waals surface area contributed by atoms with Crippen molar-refractivity contribution < 1.29 is 8.42 Å². The Morgan fingerprint density at radius 1 is 1.23 bits per heavy atom. The molecule has 1 radical (unpaired) electrons. The Kier molecular flexibility index (Phi) is 3.96. The topological polar surface area (TPSA) is 34.1 Å². The molecule has 0 aliphatic rings. The fourth-order valence-electron chi connectivity index (χ4n) is 1.08. The summed E-state index contributed by atoms with van der Waals surface area (Å²) in [5.74, 6) is 0. The lowest BCUT2D eigenvalue weighted by molar-refractivity contribution is 0.603. The van der Waals surface area contributed by atoms with Gasteiger partial charge in [0.15, 0.2) is 0 Å². The maximum atomic E-state index is 10.5. The molecule has 0 fully saturated rings. The van der Waals surface area contributed by atoms with Crippen LogP contribution >= 0.6 is 0 Å². The molecule has 0 amide bonds. The van der Waals surface area contributed by atoms with Crippen molar-refractivity contribution in [3.63, 3.8) is 0 Å². The monoisotopic (exact) mass is 197 g/mol. The molecule has 0 aromatic heterocycles. The number of rotatable bonds is 4. The molecular formula is C10H13O2S. The van der Waals surface area contributed by atoms with Crippen molar-refractivity contribution in [1.82, 2.24) is 0 Å². The average Bonchev–Trinajstić information content (AvgIpc) is 2.15. The van der Waals surface area contributed by atoms with Crippen molar-refractivity contribution in [2.24, 2.45) is 0 Å². The minimum absolute atomic E-state index is 0.463. The van der Waals surface area contributed by atoms with E-state index in [0.29, 0.717) is 6.42 Å². The zero-order valence-corrected chi connectivity index (χ0v) is 8.24. The van der Waals surface area contributed by atoms with Gasteiger partial charge in [0.2, 0.25) is 0 Å². The van der Waals surface area contributed by atoms with E-state index in [1.807, 2.05) is 30.3 Å². The molecule has 1 unspecified atom stereocenters. The minimum atomic E-state index is -2.37. The first kappa shape index (κ1) is 10.3. The molecule has 0 saturated heterocycles. The molecule has 1 rings (SSSR count). The second kappa shape index (κ2) is 5.02. The van der Waals surface area contributed by atoms with Crippen molar-refractivity contribution in [3.05, 3.63) is 42.8 Å². The molecule has 0 heterocycles. The number of thiol groups is 1. The lowest BCUT2D eigenvalue weighted by Gasteiger charge is -2.02. The molecule has 2 nitrogen and oxygen atoms in total. The van der Waals surface area contributed by atoms with Crippen molar-refractivity contribution in [2.75, 3.05) is 0 Å². The van der Waals surface area contributed by atoms with Gasteiger partial charge in [-0.25, -0.2) is 8.42 Å². The molecule has 13 heavy (non-hydrogen) atoms. The summed E-state index contributed by atoms with van der Waals surface area (Å²) in [6.45, 7) is 3.56. The lowest BCUT2D eigenvalue weighted by atomic mass is 10.1. The van der Waals surface area contributed by atoms with Crippen LogP contribution < -0.4 is 0 Å². The third-order valence-corrected chi connectivity index (χ3v) is 2.76. The Morgan fingerprint density at radius 2 is 1.85 bits per heavy atom. The molecular weight excluding hydrogens is 184 g/mol. The van der Waals surface area contributed by atoms with Gasteiger partial charge >= 0.3 is 0 Å². The molecule has 0 spiro atoms. The maximum Gasteiger partial charge on any atom is 0.143 e. The van der Waals surface area contributed by atoms with Gasteiger partial charge in [0.05, 0.1) is 5.25 Å². The van der Waals surface area contributed by atoms with Crippen molar-refractivity contribution >= 4 is 10.7 Å². The zero-order chi connectivity index (χ0) is 9.68. The van der Waals surface area contributed by atoms with E-state index in [0.717, 1.165) is 12.0 Å². The van der Waals surface area contributed by atoms with E-state index in [-0.39, 0.29) is 0 Å². The molecule has 0 saturated carbocycles. The van der Waals surface area contributed by atoms with Crippen LogP contribution in [0.4, 0.5) is 0 Å². The Labute approximate surface area is 80.5 Å². The third-order valence-electron chi connectivity index (χ3n) is 1.91. The van der Waals surface area contributed by atoms with Crippen LogP contribution in [0.1, 0.15) is 12.0 Å². The van der Waals surface area contributed by atoms with E-state index in [1.165, 1.54) is 0 Å². The van der Waals surface area contributed by atoms with Gasteiger partial charge in [-0.05, 0) is 25.3 Å². The minimum Gasteiger partial charge on any atom is -0.232 e. The highest BCUT2D eigenvalue weighted by atomic mass is 32.2. The van der Waals surface area contributed by atoms with Gasteiger partial charge in [0, 0.05) is 0 Å². The Hall–Kier alpha value is -0.830. The summed E-state index contributed by atoms with van der Waals surface area (Å²) in [6.07, 6.45) is 1.38. The SMILES string of the molecule is [CH2]C(CCc1ccccc1)[SH](=O)=O. The standard InChI is InChI=1S/C10H13O2S/c1-9(13(11)12)7-8-10-5-3-2-4-6-10/h2-6,9,13H,1,7-8H2. The second-order valence-corrected chi connectivity index (χ2v) is 4.26. The average molecular weight is 197 g/mol. The first-order chi connectivity index (χ1) is 6.20. The van der Waals surface area contributed by atoms with Crippen LogP contribution in [0, 0.1) is 6.92 Å². The molecule has 0 bridgehead atoms. The predicted octanol–water partition coefficient (Wildman–Crippen LogP) is 1.43. The highest BCUT2D eigenvalue weighted by Gasteiger charge is 2.03. The Morgan fingerprint density at radius 3 is 2.38 bits per heavy atom. The molecule has 1 aromatic carbocycles. The van der Waals surface area contributed by atoms with Crippen LogP contribution in [-0.4, -0.2) is 13.7 Å². The van der Waals surface area contributed by atoms with Crippen molar-refractivity contribution in [1.29, 1.82) is 0 Å². The third kappa shape index (κ3) is 3.59. The Balaban J connectivity index is 2.44. The summed E-state index contributed by atoms with van der Waals surface area (Å²) in [5, 5.41) is -0.463. The molecule has 0 aliphatic carbocycles. The van der Waals surface area contributed by atoms with E-state index in [9.17, 15) is 8.42 Å². The predicted molar refractivity (Wildman–Crippen MR) is 54.2 cm³/mol. The molecule has 0 N–H and O–H groups in total. The normalized spacial score (nSPS) is 13.1. The number of hydrogen-bond donors (Lipinski definition) is 1. The van der Waals surface area contributed by atoms with Gasteiger partial charge in [-0.1, -0.05) is 30.3 Å². The molecule has 3 heteroatoms. The van der Waals surface area contributed by atoms with Crippen LogP contribution in [0.15, 0.2) is 30.3 Å². The Bertz CT molecular complexity index is 309. The van der Waals surface area contributed by atoms with Crippen molar-refractivity contribution in [2.45, 2.75) is 18.1 Å². The van der Waals surface area contributed by atoms with Crippen LogP contribution in [0.5, 0.6) is 0 Å². The first-order valence-electron chi connectivity index (χ1n) is 4.20. The van der Waals surface area contributed by atoms with Crippen LogP contribution in [0.25, 0.3) is 0 Å². The summed E-state index contributed by atoms with van der Waals surface area (Å²) in [7, 11) is -2.37. The maximum absolute atomic E-state index is 10.5. The zero-order valence-electron chi connectivity index (χ0n) is 7.35. The van der Waals surface area contributed by atoms with Crippen LogP contribution in [-0.2, 0) is 17.1 Å². The number of aryl methyl sites for hydroxylation is 1. The summed E-state index contributed by atoms with van der Waals surface area (Å²) >= 11 is 0. The van der Waals surface area contributed by atoms with Gasteiger partial charge < -0.3 is 0 Å². The van der Waals surface area contributed by atoms with Gasteiger partial charge in [-0.2, -0.15) is 0 Å². The summed E-state index contributed by atoms with van der Waals surface area (Å²) in [4.78, 5) is 0. The summed E-state index contributed by atoms with van der Waals surface area (Å²) < 4.78 is 21.0. The van der Waals surface area contributed by atoms with Gasteiger partial charge in [0.1, 0.15) is 10.7 Å². The molecule has 1 atom stereocenters. The smallest absolute Gasteiger partial charge is 0.143 e. The molecule has 1 aromatic rings. The van der Waals surface area contributed by atoms with Crippen LogP contribution in [0.2, 0.25) is 0 Å². The van der Waals surface area contributed by atoms with E-state index in [1.54, 1.807) is 0 Å². The van der Waals surface area contributed by atoms with Gasteiger partial charge in [0.25, 0.3) is 0 Å². The summed E-state index contributed by atoms with van der Waals surface area (Å²) in [5.41, 5.74) is 1.16. The lowest BCUT2D eigenvalue weighted by Crippen LogP contribution is -2.05. The fourth-order valence-corrected chi connectivity index (χ4v) is 1.42. The summed E-state index contributed by atoms with van der Waals surface area (Å²) in [6, 6.07) is 9.82. The quantitative estimate of drug-likeness (QED) is 0.741. The van der Waals surface area contributed by atoms with Gasteiger partial charge in [-0.3, -0.25) is 0 Å². The first-order valence-corrected chi connectivity index (χ1v) is 5.45. The largest absolute Gasteiger partial charge is 0.232 e. The number of hydrogen-bond acceptors (Lipinski definition) is 2. The van der Waals surface area contributed by atoms with Crippen LogP contribution in [0.3, 0.4) is 0 Å². The number of benzene rings is 1. The van der Waals surface area contributed by atoms with Gasteiger partial charge in [-0.15, -0.1) is 0 Å². The van der Waals surface area contributed by atoms with E-state index in [2.05, 4.69) is 6.92 Å². The van der Waals surface area contributed by atoms with E-state index in [4.69, 9.17) is 0 Å². The highest BCUT2D eigenvalue weighted by Crippen LogP contribution is 2.05. The van der Waals surface area contributed by atoms with E-state index >= 15 is 0 Å².